The molecule has 100 valence electrons. The van der Waals surface area contributed by atoms with E-state index in [1.165, 1.54) is 12.8 Å². The van der Waals surface area contributed by atoms with Gasteiger partial charge in [0.1, 0.15) is 18.6 Å². The van der Waals surface area contributed by atoms with Crippen LogP contribution in [0.25, 0.3) is 0 Å². The molecule has 0 amide bonds. The summed E-state index contributed by atoms with van der Waals surface area (Å²) in [7, 11) is 0. The lowest BCUT2D eigenvalue weighted by atomic mass is 10.1. The second-order valence-electron chi connectivity index (χ2n) is 5.72. The molecular formula is C14H22N2O2. The second-order valence-corrected chi connectivity index (χ2v) is 5.72. The van der Waals surface area contributed by atoms with Crippen LogP contribution in [0, 0.1) is 5.41 Å². The number of hydrogen-bond acceptors (Lipinski definition) is 4. The third-order valence-electron chi connectivity index (χ3n) is 3.97. The molecular weight excluding hydrogens is 228 g/mol. The summed E-state index contributed by atoms with van der Waals surface area (Å²) in [5.74, 6) is 1.78. The van der Waals surface area contributed by atoms with Crippen LogP contribution in [0.3, 0.4) is 0 Å². The van der Waals surface area contributed by atoms with Crippen LogP contribution in [0.1, 0.15) is 46.0 Å². The second kappa shape index (κ2) is 4.56. The van der Waals surface area contributed by atoms with Gasteiger partial charge in [-0.15, -0.1) is 0 Å². The van der Waals surface area contributed by atoms with Crippen molar-refractivity contribution in [2.45, 2.75) is 58.0 Å². The summed E-state index contributed by atoms with van der Waals surface area (Å²) in [6, 6.07) is 0.646. The van der Waals surface area contributed by atoms with Crippen molar-refractivity contribution in [2.24, 2.45) is 15.4 Å². The lowest BCUT2D eigenvalue weighted by molar-refractivity contribution is 0.278. The molecule has 0 aromatic heterocycles. The SMILES string of the molecule is CCCCC1COC(C2(C3=N[C@@H](C)CO3)CC2)=N1. The third kappa shape index (κ3) is 2.02. The average Bonchev–Trinajstić information content (AvgIpc) is 2.84. The van der Waals surface area contributed by atoms with E-state index in [4.69, 9.17) is 14.5 Å². The normalized spacial score (nSPS) is 32.6. The van der Waals surface area contributed by atoms with Crippen LogP contribution in [-0.2, 0) is 9.47 Å². The van der Waals surface area contributed by atoms with Crippen LogP contribution in [0.4, 0.5) is 0 Å². The minimum atomic E-state index is -0.0777. The molecule has 4 nitrogen and oxygen atoms in total. The highest BCUT2D eigenvalue weighted by Gasteiger charge is 2.57. The van der Waals surface area contributed by atoms with E-state index in [2.05, 4.69) is 18.8 Å². The van der Waals surface area contributed by atoms with E-state index in [-0.39, 0.29) is 11.5 Å². The predicted octanol–water partition coefficient (Wildman–Crippen LogP) is 2.57. The Bertz CT molecular complexity index is 385. The van der Waals surface area contributed by atoms with Gasteiger partial charge in [0.15, 0.2) is 11.8 Å². The molecule has 2 aliphatic heterocycles. The Morgan fingerprint density at radius 3 is 2.50 bits per heavy atom. The van der Waals surface area contributed by atoms with E-state index in [0.29, 0.717) is 12.6 Å². The van der Waals surface area contributed by atoms with Crippen molar-refractivity contribution in [3.63, 3.8) is 0 Å². The third-order valence-corrected chi connectivity index (χ3v) is 3.97. The van der Waals surface area contributed by atoms with Gasteiger partial charge < -0.3 is 9.47 Å². The Morgan fingerprint density at radius 2 is 1.89 bits per heavy atom. The topological polar surface area (TPSA) is 43.2 Å². The molecule has 1 saturated carbocycles. The van der Waals surface area contributed by atoms with Gasteiger partial charge in [0.2, 0.25) is 0 Å². The molecule has 0 bridgehead atoms. The maximum Gasteiger partial charge on any atom is 0.199 e. The van der Waals surface area contributed by atoms with Gasteiger partial charge in [0.05, 0.1) is 12.1 Å². The fourth-order valence-corrected chi connectivity index (χ4v) is 2.64. The highest BCUT2D eigenvalue weighted by molar-refractivity contribution is 6.08. The largest absolute Gasteiger partial charge is 0.478 e. The van der Waals surface area contributed by atoms with Crippen molar-refractivity contribution >= 4 is 11.8 Å². The van der Waals surface area contributed by atoms with E-state index < -0.39 is 0 Å². The number of hydrogen-bond donors (Lipinski definition) is 0. The van der Waals surface area contributed by atoms with E-state index in [0.717, 1.165) is 37.7 Å². The van der Waals surface area contributed by atoms with Gasteiger partial charge in [-0.3, -0.25) is 0 Å². The smallest absolute Gasteiger partial charge is 0.199 e. The first kappa shape index (κ1) is 12.0. The molecule has 1 aliphatic carbocycles. The molecule has 1 fully saturated rings. The van der Waals surface area contributed by atoms with Gasteiger partial charge in [-0.2, -0.15) is 0 Å². The fourth-order valence-electron chi connectivity index (χ4n) is 2.64. The van der Waals surface area contributed by atoms with E-state index in [9.17, 15) is 0 Å². The summed E-state index contributed by atoms with van der Waals surface area (Å²) < 4.78 is 11.5. The van der Waals surface area contributed by atoms with Crippen LogP contribution < -0.4 is 0 Å². The van der Waals surface area contributed by atoms with Crippen molar-refractivity contribution in [3.05, 3.63) is 0 Å². The summed E-state index contributed by atoms with van der Waals surface area (Å²) in [5.41, 5.74) is -0.0777. The number of nitrogens with zero attached hydrogens (tertiary/aromatic N) is 2. The Morgan fingerprint density at radius 1 is 1.17 bits per heavy atom. The number of ether oxygens (including phenoxy) is 2. The van der Waals surface area contributed by atoms with Crippen molar-refractivity contribution < 1.29 is 9.47 Å². The maximum atomic E-state index is 5.83. The zero-order valence-electron chi connectivity index (χ0n) is 11.3. The quantitative estimate of drug-likeness (QED) is 0.752. The van der Waals surface area contributed by atoms with Crippen molar-refractivity contribution in [1.82, 2.24) is 0 Å². The van der Waals surface area contributed by atoms with Crippen LogP contribution >= 0.6 is 0 Å². The van der Waals surface area contributed by atoms with Gasteiger partial charge in [0.25, 0.3) is 0 Å². The minimum Gasteiger partial charge on any atom is -0.478 e. The number of rotatable bonds is 5. The van der Waals surface area contributed by atoms with Gasteiger partial charge in [-0.05, 0) is 26.2 Å². The van der Waals surface area contributed by atoms with E-state index in [1.54, 1.807) is 0 Å². The van der Waals surface area contributed by atoms with Crippen molar-refractivity contribution in [1.29, 1.82) is 0 Å². The first-order valence-corrected chi connectivity index (χ1v) is 7.17. The summed E-state index contributed by atoms with van der Waals surface area (Å²) in [6.07, 6.45) is 5.75. The Balaban J connectivity index is 1.70. The van der Waals surface area contributed by atoms with Gasteiger partial charge in [-0.1, -0.05) is 19.8 Å². The molecule has 0 saturated heterocycles. The predicted molar refractivity (Wildman–Crippen MR) is 71.2 cm³/mol. The minimum absolute atomic E-state index is 0.0777. The summed E-state index contributed by atoms with van der Waals surface area (Å²) in [4.78, 5) is 9.35. The Kier molecular flexibility index (Phi) is 3.04. The van der Waals surface area contributed by atoms with Crippen LogP contribution in [0.15, 0.2) is 9.98 Å². The fraction of sp³-hybridized carbons (Fsp3) is 0.857. The van der Waals surface area contributed by atoms with Gasteiger partial charge in [0, 0.05) is 0 Å². The first-order chi connectivity index (χ1) is 8.74. The highest BCUT2D eigenvalue weighted by atomic mass is 16.5. The lowest BCUT2D eigenvalue weighted by Crippen LogP contribution is -2.26. The van der Waals surface area contributed by atoms with Crippen LogP contribution in [0.5, 0.6) is 0 Å². The molecule has 3 aliphatic rings. The molecule has 0 aromatic carbocycles. The van der Waals surface area contributed by atoms with Crippen molar-refractivity contribution in [3.8, 4) is 0 Å². The van der Waals surface area contributed by atoms with E-state index in [1.807, 2.05) is 0 Å². The molecule has 4 heteroatoms. The molecule has 3 rings (SSSR count). The van der Waals surface area contributed by atoms with Crippen molar-refractivity contribution in [2.75, 3.05) is 13.2 Å². The Hall–Kier alpha value is -1.06. The molecule has 1 unspecified atom stereocenters. The Labute approximate surface area is 108 Å². The summed E-state index contributed by atoms with van der Waals surface area (Å²) in [6.45, 7) is 5.76. The molecule has 2 heterocycles. The number of unbranched alkanes of at least 4 members (excludes halogenated alkanes) is 1. The maximum absolute atomic E-state index is 5.83. The first-order valence-electron chi connectivity index (χ1n) is 7.17. The van der Waals surface area contributed by atoms with Crippen LogP contribution in [0.2, 0.25) is 0 Å². The zero-order chi connectivity index (χ0) is 12.6. The molecule has 0 spiro atoms. The average molecular weight is 250 g/mol. The van der Waals surface area contributed by atoms with Crippen LogP contribution in [-0.4, -0.2) is 37.1 Å². The highest BCUT2D eigenvalue weighted by Crippen LogP contribution is 2.51. The molecule has 2 atom stereocenters. The molecule has 0 N–H and O–H groups in total. The monoisotopic (exact) mass is 250 g/mol. The summed E-state index contributed by atoms with van der Waals surface area (Å²) >= 11 is 0. The number of aliphatic imine (C=N–C) groups is 2. The zero-order valence-corrected chi connectivity index (χ0v) is 11.3. The molecule has 0 radical (unpaired) electrons. The lowest BCUT2D eigenvalue weighted by Gasteiger charge is -2.13. The summed E-state index contributed by atoms with van der Waals surface area (Å²) in [5, 5.41) is 0. The van der Waals surface area contributed by atoms with Gasteiger partial charge >= 0.3 is 0 Å². The van der Waals surface area contributed by atoms with E-state index >= 15 is 0 Å². The van der Waals surface area contributed by atoms with Gasteiger partial charge in [-0.25, -0.2) is 9.98 Å². The standard InChI is InChI=1S/C14H22N2O2/c1-3-4-5-11-9-18-13(16-11)14(6-7-14)12-15-10(2)8-17-12/h10-11H,3-9H2,1-2H3/t10-,11?/m0/s1. The molecule has 0 aromatic rings. The molecule has 18 heavy (non-hydrogen) atoms.